The summed E-state index contributed by atoms with van der Waals surface area (Å²) in [6, 6.07) is 6.12. The maximum absolute atomic E-state index is 6.00. The number of oxazole rings is 1. The number of hydrogen-bond acceptors (Lipinski definition) is 3. The fraction of sp³-hybridized carbons (Fsp3) is 0.438. The van der Waals surface area contributed by atoms with Crippen LogP contribution in [0.25, 0.3) is 0 Å². The van der Waals surface area contributed by atoms with Crippen LogP contribution < -0.4 is 0 Å². The number of likely N-dealkylation sites (tertiary alicyclic amines) is 1. The minimum absolute atomic E-state index is 0.427. The number of aromatic nitrogens is 1. The van der Waals surface area contributed by atoms with Crippen LogP contribution in [0.15, 0.2) is 28.9 Å². The Kier molecular flexibility index (Phi) is 3.81. The molecule has 4 heteroatoms. The molecule has 0 saturated carbocycles. The topological polar surface area (TPSA) is 29.3 Å². The number of hydrogen-bond donors (Lipinski definition) is 0. The first-order chi connectivity index (χ1) is 9.61. The molecular weight excluding hydrogens is 272 g/mol. The van der Waals surface area contributed by atoms with Crippen LogP contribution in [0.4, 0.5) is 0 Å². The third-order valence-electron chi connectivity index (χ3n) is 3.96. The van der Waals surface area contributed by atoms with E-state index in [0.717, 1.165) is 42.7 Å². The zero-order chi connectivity index (χ0) is 14.1. The summed E-state index contributed by atoms with van der Waals surface area (Å²) in [5.41, 5.74) is 3.57. The molecule has 1 unspecified atom stereocenters. The molecule has 106 valence electrons. The molecule has 3 nitrogen and oxygen atoms in total. The van der Waals surface area contributed by atoms with Gasteiger partial charge < -0.3 is 4.42 Å². The van der Waals surface area contributed by atoms with Gasteiger partial charge in [-0.2, -0.15) is 0 Å². The lowest BCUT2D eigenvalue weighted by atomic mass is 10.1. The van der Waals surface area contributed by atoms with Crippen molar-refractivity contribution in [3.05, 3.63) is 52.2 Å². The van der Waals surface area contributed by atoms with Crippen LogP contribution in [0.3, 0.4) is 0 Å². The van der Waals surface area contributed by atoms with Crippen molar-refractivity contribution in [2.75, 3.05) is 13.1 Å². The minimum Gasteiger partial charge on any atom is -0.448 e. The molecule has 2 aromatic rings. The molecular formula is C16H19ClN2O. The van der Waals surface area contributed by atoms with Gasteiger partial charge in [0, 0.05) is 24.0 Å². The molecule has 0 spiro atoms. The SMILES string of the molecule is Cc1coc(C2CCN(Cc3ccc(Cl)cc3C)C2)n1. The van der Waals surface area contributed by atoms with Gasteiger partial charge in [0.1, 0.15) is 6.26 Å². The maximum Gasteiger partial charge on any atom is 0.198 e. The van der Waals surface area contributed by atoms with Gasteiger partial charge in [-0.3, -0.25) is 4.90 Å². The molecule has 0 aliphatic carbocycles. The van der Waals surface area contributed by atoms with Crippen molar-refractivity contribution in [2.45, 2.75) is 32.7 Å². The standard InChI is InChI=1S/C16H19ClN2O/c1-11-7-15(17)4-3-13(11)8-19-6-5-14(9-19)16-18-12(2)10-20-16/h3-4,7,10,14H,5-6,8-9H2,1-2H3. The van der Waals surface area contributed by atoms with Gasteiger partial charge >= 0.3 is 0 Å². The van der Waals surface area contributed by atoms with E-state index in [1.807, 2.05) is 19.1 Å². The summed E-state index contributed by atoms with van der Waals surface area (Å²) in [5, 5.41) is 0.806. The summed E-state index contributed by atoms with van der Waals surface area (Å²) < 4.78 is 5.53. The van der Waals surface area contributed by atoms with Crippen molar-refractivity contribution >= 4 is 11.6 Å². The number of halogens is 1. The summed E-state index contributed by atoms with van der Waals surface area (Å²) >= 11 is 6.00. The molecule has 1 aromatic heterocycles. The average molecular weight is 291 g/mol. The molecule has 1 aliphatic heterocycles. The van der Waals surface area contributed by atoms with Crippen LogP contribution in [0.5, 0.6) is 0 Å². The van der Waals surface area contributed by atoms with E-state index < -0.39 is 0 Å². The highest BCUT2D eigenvalue weighted by molar-refractivity contribution is 6.30. The lowest BCUT2D eigenvalue weighted by molar-refractivity contribution is 0.319. The van der Waals surface area contributed by atoms with Crippen LogP contribution in [0, 0.1) is 13.8 Å². The number of benzene rings is 1. The minimum atomic E-state index is 0.427. The highest BCUT2D eigenvalue weighted by atomic mass is 35.5. The first-order valence-corrected chi connectivity index (χ1v) is 7.39. The zero-order valence-corrected chi connectivity index (χ0v) is 12.7. The van der Waals surface area contributed by atoms with Crippen molar-refractivity contribution in [3.8, 4) is 0 Å². The molecule has 1 aromatic carbocycles. The van der Waals surface area contributed by atoms with E-state index in [2.05, 4.69) is 22.9 Å². The second-order valence-electron chi connectivity index (χ2n) is 5.62. The highest BCUT2D eigenvalue weighted by Gasteiger charge is 2.27. The zero-order valence-electron chi connectivity index (χ0n) is 11.9. The quantitative estimate of drug-likeness (QED) is 0.857. The second-order valence-corrected chi connectivity index (χ2v) is 6.06. The number of aryl methyl sites for hydroxylation is 2. The Hall–Kier alpha value is -1.32. The van der Waals surface area contributed by atoms with Gasteiger partial charge in [0.15, 0.2) is 5.89 Å². The fourth-order valence-corrected chi connectivity index (χ4v) is 3.04. The molecule has 0 bridgehead atoms. The van der Waals surface area contributed by atoms with Crippen LogP contribution in [-0.4, -0.2) is 23.0 Å². The Balaban J connectivity index is 1.65. The largest absolute Gasteiger partial charge is 0.448 e. The molecule has 1 fully saturated rings. The van der Waals surface area contributed by atoms with Crippen molar-refractivity contribution in [1.82, 2.24) is 9.88 Å². The van der Waals surface area contributed by atoms with Crippen LogP contribution in [0.2, 0.25) is 5.02 Å². The normalized spacial score (nSPS) is 19.6. The van der Waals surface area contributed by atoms with E-state index in [0.29, 0.717) is 5.92 Å². The molecule has 0 radical (unpaired) electrons. The van der Waals surface area contributed by atoms with E-state index >= 15 is 0 Å². The van der Waals surface area contributed by atoms with E-state index in [4.69, 9.17) is 16.0 Å². The highest BCUT2D eigenvalue weighted by Crippen LogP contribution is 2.28. The maximum atomic E-state index is 6.00. The van der Waals surface area contributed by atoms with E-state index in [1.165, 1.54) is 11.1 Å². The van der Waals surface area contributed by atoms with Gasteiger partial charge in [0.05, 0.1) is 5.69 Å². The van der Waals surface area contributed by atoms with E-state index in [9.17, 15) is 0 Å². The van der Waals surface area contributed by atoms with Gasteiger partial charge in [-0.15, -0.1) is 0 Å². The molecule has 3 rings (SSSR count). The lowest BCUT2D eigenvalue weighted by Gasteiger charge is -2.17. The Morgan fingerprint density at radius 1 is 1.40 bits per heavy atom. The average Bonchev–Trinajstić information content (AvgIpc) is 3.02. The first-order valence-electron chi connectivity index (χ1n) is 7.01. The van der Waals surface area contributed by atoms with E-state index in [1.54, 1.807) is 6.26 Å². The third-order valence-corrected chi connectivity index (χ3v) is 4.19. The summed E-state index contributed by atoms with van der Waals surface area (Å²) in [7, 11) is 0. The number of nitrogens with zero attached hydrogens (tertiary/aromatic N) is 2. The first kappa shape index (κ1) is 13.7. The Bertz CT molecular complexity index is 608. The van der Waals surface area contributed by atoms with Gasteiger partial charge in [0.2, 0.25) is 0 Å². The second kappa shape index (κ2) is 5.58. The summed E-state index contributed by atoms with van der Waals surface area (Å²) in [6.07, 6.45) is 2.86. The van der Waals surface area contributed by atoms with Crippen molar-refractivity contribution < 1.29 is 4.42 Å². The summed E-state index contributed by atoms with van der Waals surface area (Å²) in [5.74, 6) is 1.31. The lowest BCUT2D eigenvalue weighted by Crippen LogP contribution is -2.20. The van der Waals surface area contributed by atoms with Gasteiger partial charge in [-0.1, -0.05) is 17.7 Å². The molecule has 2 heterocycles. The predicted molar refractivity (Wildman–Crippen MR) is 80.1 cm³/mol. The van der Waals surface area contributed by atoms with Gasteiger partial charge in [-0.05, 0) is 50.1 Å². The molecule has 0 amide bonds. The van der Waals surface area contributed by atoms with Gasteiger partial charge in [0.25, 0.3) is 0 Å². The third kappa shape index (κ3) is 2.89. The Morgan fingerprint density at radius 2 is 2.25 bits per heavy atom. The summed E-state index contributed by atoms with van der Waals surface area (Å²) in [4.78, 5) is 6.91. The number of rotatable bonds is 3. The summed E-state index contributed by atoms with van der Waals surface area (Å²) in [6.45, 7) is 7.17. The van der Waals surface area contributed by atoms with E-state index in [-0.39, 0.29) is 0 Å². The smallest absolute Gasteiger partial charge is 0.198 e. The molecule has 20 heavy (non-hydrogen) atoms. The van der Waals surface area contributed by atoms with Crippen LogP contribution in [-0.2, 0) is 6.54 Å². The van der Waals surface area contributed by atoms with Crippen LogP contribution in [0.1, 0.15) is 35.1 Å². The monoisotopic (exact) mass is 290 g/mol. The fourth-order valence-electron chi connectivity index (χ4n) is 2.82. The predicted octanol–water partition coefficient (Wildman–Crippen LogP) is 3.93. The molecule has 0 N–H and O–H groups in total. The van der Waals surface area contributed by atoms with Crippen molar-refractivity contribution in [2.24, 2.45) is 0 Å². The Morgan fingerprint density at radius 3 is 2.95 bits per heavy atom. The van der Waals surface area contributed by atoms with Crippen LogP contribution >= 0.6 is 11.6 Å². The van der Waals surface area contributed by atoms with Crippen molar-refractivity contribution in [1.29, 1.82) is 0 Å². The molecule has 1 atom stereocenters. The van der Waals surface area contributed by atoms with Crippen molar-refractivity contribution in [3.63, 3.8) is 0 Å². The molecule has 1 saturated heterocycles. The molecule has 1 aliphatic rings. The Labute approximate surface area is 124 Å². The van der Waals surface area contributed by atoms with Gasteiger partial charge in [-0.25, -0.2) is 4.98 Å².